The number of rotatable bonds is 4. The first-order chi connectivity index (χ1) is 8.92. The van der Waals surface area contributed by atoms with Crippen molar-refractivity contribution in [1.29, 1.82) is 0 Å². The molecule has 19 heavy (non-hydrogen) atoms. The first-order valence-corrected chi connectivity index (χ1v) is 8.23. The molecule has 2 aromatic heterocycles. The molecule has 1 N–H and O–H groups in total. The molecule has 0 radical (unpaired) electrons. The summed E-state index contributed by atoms with van der Waals surface area (Å²) in [4.78, 5) is 7.96. The van der Waals surface area contributed by atoms with Crippen molar-refractivity contribution in [2.24, 2.45) is 0 Å². The van der Waals surface area contributed by atoms with Gasteiger partial charge in [-0.1, -0.05) is 0 Å². The van der Waals surface area contributed by atoms with Crippen molar-refractivity contribution < 1.29 is 13.2 Å². The molecule has 6 nitrogen and oxygen atoms in total. The second-order valence-electron chi connectivity index (χ2n) is 3.54. The monoisotopic (exact) mass is 363 g/mol. The highest BCUT2D eigenvalue weighted by molar-refractivity contribution is 9.10. The van der Waals surface area contributed by atoms with Crippen LogP contribution in [0.15, 0.2) is 26.2 Å². The average molecular weight is 364 g/mol. The van der Waals surface area contributed by atoms with Gasteiger partial charge < -0.3 is 4.74 Å². The number of halogens is 1. The Kier molecular flexibility index (Phi) is 4.07. The summed E-state index contributed by atoms with van der Waals surface area (Å²) in [6.07, 6.45) is 0. The maximum Gasteiger partial charge on any atom is 0.274 e. The van der Waals surface area contributed by atoms with Crippen molar-refractivity contribution in [3.8, 4) is 5.88 Å². The zero-order valence-corrected chi connectivity index (χ0v) is 13.3. The zero-order chi connectivity index (χ0) is 14.0. The van der Waals surface area contributed by atoms with Crippen molar-refractivity contribution in [3.63, 3.8) is 0 Å². The number of aryl methyl sites for hydroxylation is 1. The van der Waals surface area contributed by atoms with E-state index in [-0.39, 0.29) is 10.2 Å². The summed E-state index contributed by atoms with van der Waals surface area (Å²) in [5.74, 6) is 0.285. The summed E-state index contributed by atoms with van der Waals surface area (Å²) in [7, 11) is -2.25. The lowest BCUT2D eigenvalue weighted by atomic mass is 10.4. The summed E-state index contributed by atoms with van der Waals surface area (Å²) in [5, 5.41) is 1.68. The Bertz CT molecular complexity index is 700. The molecule has 102 valence electrons. The largest absolute Gasteiger partial charge is 0.481 e. The molecule has 0 saturated carbocycles. The Morgan fingerprint density at radius 2 is 2.16 bits per heavy atom. The Labute approximate surface area is 123 Å². The molecule has 2 aromatic rings. The molecule has 0 spiro atoms. The fourth-order valence-electron chi connectivity index (χ4n) is 1.33. The van der Waals surface area contributed by atoms with E-state index in [2.05, 4.69) is 30.6 Å². The van der Waals surface area contributed by atoms with Gasteiger partial charge in [0.2, 0.25) is 11.8 Å². The number of hydrogen-bond acceptors (Lipinski definition) is 6. The van der Waals surface area contributed by atoms with E-state index >= 15 is 0 Å². The van der Waals surface area contributed by atoms with Crippen LogP contribution in [0, 0.1) is 6.92 Å². The molecule has 0 atom stereocenters. The van der Waals surface area contributed by atoms with E-state index in [1.165, 1.54) is 7.11 Å². The fraction of sp³-hybridized carbons (Fsp3) is 0.200. The second-order valence-corrected chi connectivity index (χ2v) is 7.18. The van der Waals surface area contributed by atoms with E-state index in [1.807, 2.05) is 0 Å². The number of nitrogens with one attached hydrogen (secondary N) is 1. The number of aromatic nitrogens is 2. The molecule has 0 saturated heterocycles. The molecule has 0 aliphatic carbocycles. The number of hydrogen-bond donors (Lipinski definition) is 1. The Balaban J connectivity index is 2.36. The zero-order valence-electron chi connectivity index (χ0n) is 10.0. The molecule has 0 aliphatic rings. The van der Waals surface area contributed by atoms with E-state index in [1.54, 1.807) is 24.4 Å². The number of anilines is 1. The van der Waals surface area contributed by atoms with Gasteiger partial charge in [-0.05, 0) is 34.3 Å². The minimum Gasteiger partial charge on any atom is -0.481 e. The molecular formula is C10H10BrN3O3S2. The minimum atomic E-state index is -3.70. The lowest BCUT2D eigenvalue weighted by Crippen LogP contribution is -2.14. The van der Waals surface area contributed by atoms with Gasteiger partial charge in [0.25, 0.3) is 10.0 Å². The molecule has 0 aromatic carbocycles. The molecule has 9 heteroatoms. The van der Waals surface area contributed by atoms with E-state index in [0.717, 1.165) is 11.3 Å². The van der Waals surface area contributed by atoms with Crippen molar-refractivity contribution in [2.45, 2.75) is 11.1 Å². The number of thiophene rings is 1. The minimum absolute atomic E-state index is 0.0165. The van der Waals surface area contributed by atoms with E-state index in [9.17, 15) is 8.42 Å². The Morgan fingerprint density at radius 1 is 1.42 bits per heavy atom. The van der Waals surface area contributed by atoms with Crippen LogP contribution in [-0.4, -0.2) is 25.5 Å². The van der Waals surface area contributed by atoms with Crippen molar-refractivity contribution in [3.05, 3.63) is 27.7 Å². The number of nitrogens with zero attached hydrogens (tertiary/aromatic N) is 2. The predicted octanol–water partition coefficient (Wildman–Crippen LogP) is 2.42. The Hall–Kier alpha value is -1.19. The van der Waals surface area contributed by atoms with E-state index in [0.29, 0.717) is 16.0 Å². The Morgan fingerprint density at radius 3 is 2.74 bits per heavy atom. The summed E-state index contributed by atoms with van der Waals surface area (Å²) < 4.78 is 32.3. The molecule has 0 fully saturated rings. The lowest BCUT2D eigenvalue weighted by Gasteiger charge is -2.07. The molecule has 0 amide bonds. The van der Waals surface area contributed by atoms with Gasteiger partial charge in [0.05, 0.1) is 7.11 Å². The van der Waals surface area contributed by atoms with Crippen molar-refractivity contribution >= 4 is 43.2 Å². The fourth-order valence-corrected chi connectivity index (χ4v) is 4.61. The molecule has 2 rings (SSSR count). The third-order valence-corrected chi connectivity index (χ3v) is 6.09. The summed E-state index contributed by atoms with van der Waals surface area (Å²) in [6, 6.07) is 3.27. The second kappa shape index (κ2) is 5.43. The van der Waals surface area contributed by atoms with Gasteiger partial charge in [0.15, 0.2) is 4.21 Å². The summed E-state index contributed by atoms with van der Waals surface area (Å²) in [5.41, 5.74) is 0.606. The molecule has 2 heterocycles. The van der Waals surface area contributed by atoms with Gasteiger partial charge in [0, 0.05) is 16.2 Å². The number of ether oxygens (including phenoxy) is 1. The van der Waals surface area contributed by atoms with E-state index in [4.69, 9.17) is 4.74 Å². The van der Waals surface area contributed by atoms with Crippen LogP contribution in [0.4, 0.5) is 5.95 Å². The molecule has 0 aliphatic heterocycles. The van der Waals surface area contributed by atoms with Gasteiger partial charge in [-0.15, -0.1) is 11.3 Å². The smallest absolute Gasteiger partial charge is 0.274 e. The summed E-state index contributed by atoms with van der Waals surface area (Å²) >= 11 is 4.29. The van der Waals surface area contributed by atoms with Crippen molar-refractivity contribution in [1.82, 2.24) is 9.97 Å². The van der Waals surface area contributed by atoms with Crippen LogP contribution in [0.3, 0.4) is 0 Å². The van der Waals surface area contributed by atoms with Crippen molar-refractivity contribution in [2.75, 3.05) is 11.8 Å². The van der Waals surface area contributed by atoms with Crippen LogP contribution in [-0.2, 0) is 10.0 Å². The van der Waals surface area contributed by atoms with Crippen LogP contribution in [0.1, 0.15) is 5.69 Å². The molecule has 0 bridgehead atoms. The molecular weight excluding hydrogens is 354 g/mol. The third kappa shape index (κ3) is 3.23. The maximum atomic E-state index is 12.1. The first kappa shape index (κ1) is 14.2. The molecule has 0 unspecified atom stereocenters. The highest BCUT2D eigenvalue weighted by Gasteiger charge is 2.20. The topological polar surface area (TPSA) is 81.2 Å². The third-order valence-electron chi connectivity index (χ3n) is 2.09. The number of sulfonamides is 1. The lowest BCUT2D eigenvalue weighted by molar-refractivity contribution is 0.397. The average Bonchev–Trinajstić information content (AvgIpc) is 2.74. The van der Waals surface area contributed by atoms with Gasteiger partial charge in [-0.25, -0.2) is 18.1 Å². The SMILES string of the molecule is COc1cc(C)nc(NS(=O)(=O)c2sccc2Br)n1. The van der Waals surface area contributed by atoms with Gasteiger partial charge in [-0.3, -0.25) is 0 Å². The van der Waals surface area contributed by atoms with Gasteiger partial charge in [0.1, 0.15) is 0 Å². The number of methoxy groups -OCH3 is 1. The normalized spacial score (nSPS) is 11.3. The maximum absolute atomic E-state index is 12.1. The van der Waals surface area contributed by atoms with Gasteiger partial charge in [-0.2, -0.15) is 4.98 Å². The highest BCUT2D eigenvalue weighted by Crippen LogP contribution is 2.28. The van der Waals surface area contributed by atoms with Crippen LogP contribution < -0.4 is 9.46 Å². The van der Waals surface area contributed by atoms with Crippen LogP contribution >= 0.6 is 27.3 Å². The summed E-state index contributed by atoms with van der Waals surface area (Å²) in [6.45, 7) is 1.73. The van der Waals surface area contributed by atoms with Crippen LogP contribution in [0.25, 0.3) is 0 Å². The first-order valence-electron chi connectivity index (χ1n) is 5.08. The standard InChI is InChI=1S/C10H10BrN3O3S2/c1-6-5-8(17-2)13-10(12-6)14-19(15,16)9-7(11)3-4-18-9/h3-5H,1-2H3,(H,12,13,14). The van der Waals surface area contributed by atoms with Gasteiger partial charge >= 0.3 is 0 Å². The van der Waals surface area contributed by atoms with Crippen LogP contribution in [0.5, 0.6) is 5.88 Å². The van der Waals surface area contributed by atoms with E-state index < -0.39 is 10.0 Å². The quantitative estimate of drug-likeness (QED) is 0.901. The van der Waals surface area contributed by atoms with Crippen LogP contribution in [0.2, 0.25) is 0 Å². The highest BCUT2D eigenvalue weighted by atomic mass is 79.9. The predicted molar refractivity (Wildman–Crippen MR) is 76.1 cm³/mol.